The number of carbonyl (C=O) groups is 3. The Labute approximate surface area is 149 Å². The van der Waals surface area contributed by atoms with Crippen LogP contribution in [0.25, 0.3) is 0 Å². The average Bonchev–Trinajstić information content (AvgIpc) is 2.55. The molecule has 0 saturated carbocycles. The third kappa shape index (κ3) is 5.68. The third-order valence-electron chi connectivity index (χ3n) is 2.89. The highest BCUT2D eigenvalue weighted by Crippen LogP contribution is 2.26. The lowest BCUT2D eigenvalue weighted by molar-refractivity contribution is -0.117. The van der Waals surface area contributed by atoms with E-state index < -0.39 is 5.91 Å². The molecule has 126 valence electrons. The summed E-state index contributed by atoms with van der Waals surface area (Å²) in [4.78, 5) is 39.5. The minimum absolute atomic E-state index is 0. The molecule has 6 nitrogen and oxygen atoms in total. The smallest absolute Gasteiger partial charge is 0.252 e. The number of halogens is 1. The standard InChI is InChI=1S/C16H15N3O3S.ClH/c17-14(20)7-9-19-15(21)12-5-1-2-6-13(12)23-16(22)11-4-3-8-18-10-11;/h1-6,8,10H,7,9H2,(H2,17,20)(H,19,21);1H. The molecular weight excluding hydrogens is 350 g/mol. The van der Waals surface area contributed by atoms with E-state index in [0.29, 0.717) is 16.0 Å². The zero-order valence-electron chi connectivity index (χ0n) is 12.6. The lowest BCUT2D eigenvalue weighted by Crippen LogP contribution is -2.28. The first-order valence-corrected chi connectivity index (χ1v) is 7.67. The van der Waals surface area contributed by atoms with Crippen LogP contribution in [-0.2, 0) is 4.79 Å². The zero-order chi connectivity index (χ0) is 16.7. The van der Waals surface area contributed by atoms with Gasteiger partial charge in [0.25, 0.3) is 5.91 Å². The van der Waals surface area contributed by atoms with Gasteiger partial charge >= 0.3 is 0 Å². The van der Waals surface area contributed by atoms with Crippen LogP contribution in [0.5, 0.6) is 0 Å². The third-order valence-corrected chi connectivity index (χ3v) is 3.89. The summed E-state index contributed by atoms with van der Waals surface area (Å²) in [6, 6.07) is 10.1. The molecule has 0 bridgehead atoms. The molecule has 1 aromatic heterocycles. The van der Waals surface area contributed by atoms with E-state index in [1.54, 1.807) is 42.6 Å². The van der Waals surface area contributed by atoms with Crippen LogP contribution in [0.3, 0.4) is 0 Å². The largest absolute Gasteiger partial charge is 0.370 e. The van der Waals surface area contributed by atoms with Gasteiger partial charge in [0.05, 0.1) is 5.56 Å². The highest BCUT2D eigenvalue weighted by molar-refractivity contribution is 8.14. The number of hydrogen-bond donors (Lipinski definition) is 2. The summed E-state index contributed by atoms with van der Waals surface area (Å²) >= 11 is 0.960. The molecule has 0 aliphatic carbocycles. The van der Waals surface area contributed by atoms with E-state index in [2.05, 4.69) is 10.3 Å². The maximum atomic E-state index is 12.2. The Hall–Kier alpha value is -2.38. The predicted octanol–water partition coefficient (Wildman–Crippen LogP) is 2.04. The molecule has 8 heteroatoms. The number of thioether (sulfide) groups is 1. The summed E-state index contributed by atoms with van der Waals surface area (Å²) in [5, 5.41) is 2.41. The number of carbonyl (C=O) groups excluding carboxylic acids is 3. The summed E-state index contributed by atoms with van der Waals surface area (Å²) in [5.74, 6) is -0.840. The molecule has 2 rings (SSSR count). The van der Waals surface area contributed by atoms with E-state index in [9.17, 15) is 14.4 Å². The fourth-order valence-electron chi connectivity index (χ4n) is 1.78. The number of hydrogen-bond acceptors (Lipinski definition) is 5. The Morgan fingerprint density at radius 3 is 2.54 bits per heavy atom. The molecule has 0 aliphatic rings. The Kier molecular flexibility index (Phi) is 7.94. The quantitative estimate of drug-likeness (QED) is 0.762. The minimum atomic E-state index is -0.486. The lowest BCUT2D eigenvalue weighted by atomic mass is 10.2. The highest BCUT2D eigenvalue weighted by Gasteiger charge is 2.15. The highest BCUT2D eigenvalue weighted by atomic mass is 35.5. The lowest BCUT2D eigenvalue weighted by Gasteiger charge is -2.08. The number of aromatic nitrogens is 1. The topological polar surface area (TPSA) is 102 Å². The fraction of sp³-hybridized carbons (Fsp3) is 0.125. The second-order valence-electron chi connectivity index (χ2n) is 4.60. The number of amides is 2. The van der Waals surface area contributed by atoms with Crippen LogP contribution in [0.1, 0.15) is 27.1 Å². The van der Waals surface area contributed by atoms with Crippen LogP contribution >= 0.6 is 24.2 Å². The van der Waals surface area contributed by atoms with Gasteiger partial charge in [-0.2, -0.15) is 0 Å². The van der Waals surface area contributed by atoms with Gasteiger partial charge in [-0.1, -0.05) is 12.1 Å². The van der Waals surface area contributed by atoms with Crippen molar-refractivity contribution in [3.63, 3.8) is 0 Å². The molecule has 0 aliphatic heterocycles. The van der Waals surface area contributed by atoms with Crippen molar-refractivity contribution < 1.29 is 14.4 Å². The first kappa shape index (κ1) is 19.7. The van der Waals surface area contributed by atoms with Crippen LogP contribution in [0.15, 0.2) is 53.7 Å². The van der Waals surface area contributed by atoms with Crippen molar-refractivity contribution in [1.82, 2.24) is 10.3 Å². The van der Waals surface area contributed by atoms with Crippen molar-refractivity contribution in [1.29, 1.82) is 0 Å². The molecule has 0 atom stereocenters. The predicted molar refractivity (Wildman–Crippen MR) is 94.3 cm³/mol. The van der Waals surface area contributed by atoms with Gasteiger partial charge < -0.3 is 11.1 Å². The molecule has 1 heterocycles. The molecule has 0 unspecified atom stereocenters. The van der Waals surface area contributed by atoms with Gasteiger partial charge in [-0.3, -0.25) is 19.4 Å². The summed E-state index contributed by atoms with van der Waals surface area (Å²) in [6.45, 7) is 0.156. The number of nitrogens with two attached hydrogens (primary N) is 1. The van der Waals surface area contributed by atoms with Gasteiger partial charge in [0, 0.05) is 35.8 Å². The first-order valence-electron chi connectivity index (χ1n) is 6.85. The number of primary amides is 1. The molecule has 0 saturated heterocycles. The Balaban J connectivity index is 0.00000288. The van der Waals surface area contributed by atoms with Crippen LogP contribution in [0.4, 0.5) is 0 Å². The molecule has 0 fully saturated rings. The molecule has 1 aromatic carbocycles. The maximum Gasteiger partial charge on any atom is 0.252 e. The van der Waals surface area contributed by atoms with Crippen molar-refractivity contribution in [3.05, 3.63) is 59.9 Å². The van der Waals surface area contributed by atoms with Gasteiger partial charge in [-0.05, 0) is 36.0 Å². The van der Waals surface area contributed by atoms with Gasteiger partial charge in [0.2, 0.25) is 11.0 Å². The van der Waals surface area contributed by atoms with Crippen LogP contribution in [0, 0.1) is 0 Å². The van der Waals surface area contributed by atoms with Crippen molar-refractivity contribution in [3.8, 4) is 0 Å². The van der Waals surface area contributed by atoms with Crippen LogP contribution in [0.2, 0.25) is 0 Å². The summed E-state index contributed by atoms with van der Waals surface area (Å²) in [7, 11) is 0. The van der Waals surface area contributed by atoms with Crippen LogP contribution < -0.4 is 11.1 Å². The van der Waals surface area contributed by atoms with E-state index in [4.69, 9.17) is 5.73 Å². The number of nitrogens with zero attached hydrogens (tertiary/aromatic N) is 1. The Morgan fingerprint density at radius 2 is 1.88 bits per heavy atom. The number of nitrogens with one attached hydrogen (secondary N) is 1. The number of pyridine rings is 1. The second kappa shape index (κ2) is 9.69. The van der Waals surface area contributed by atoms with E-state index in [1.807, 2.05) is 0 Å². The fourth-order valence-corrected chi connectivity index (χ4v) is 2.64. The molecule has 0 radical (unpaired) electrons. The summed E-state index contributed by atoms with van der Waals surface area (Å²) in [6.07, 6.45) is 3.13. The summed E-state index contributed by atoms with van der Waals surface area (Å²) < 4.78 is 0. The van der Waals surface area contributed by atoms with Crippen molar-refractivity contribution in [2.45, 2.75) is 11.3 Å². The van der Waals surface area contributed by atoms with E-state index >= 15 is 0 Å². The first-order chi connectivity index (χ1) is 11.1. The monoisotopic (exact) mass is 365 g/mol. The SMILES string of the molecule is Cl.NC(=O)CCNC(=O)c1ccccc1SC(=O)c1cccnc1. The van der Waals surface area contributed by atoms with Crippen molar-refractivity contribution in [2.24, 2.45) is 5.73 Å². The van der Waals surface area contributed by atoms with E-state index in [0.717, 1.165) is 11.8 Å². The van der Waals surface area contributed by atoms with Crippen molar-refractivity contribution >= 4 is 41.1 Å². The second-order valence-corrected chi connectivity index (χ2v) is 5.61. The number of rotatable bonds is 6. The molecule has 24 heavy (non-hydrogen) atoms. The molecule has 3 N–H and O–H groups in total. The molecule has 0 spiro atoms. The van der Waals surface area contributed by atoms with Gasteiger partial charge in [0.1, 0.15) is 0 Å². The van der Waals surface area contributed by atoms with Crippen molar-refractivity contribution in [2.75, 3.05) is 6.54 Å². The summed E-state index contributed by atoms with van der Waals surface area (Å²) in [5.41, 5.74) is 5.87. The zero-order valence-corrected chi connectivity index (χ0v) is 14.2. The van der Waals surface area contributed by atoms with Gasteiger partial charge in [-0.25, -0.2) is 0 Å². The van der Waals surface area contributed by atoms with Gasteiger partial charge in [0.15, 0.2) is 0 Å². The normalized spacial score (nSPS) is 9.67. The Bertz CT molecular complexity index is 726. The average molecular weight is 366 g/mol. The van der Waals surface area contributed by atoms with Crippen LogP contribution in [-0.4, -0.2) is 28.5 Å². The number of benzene rings is 1. The molecule has 2 aromatic rings. The molecular formula is C16H16ClN3O3S. The minimum Gasteiger partial charge on any atom is -0.370 e. The maximum absolute atomic E-state index is 12.2. The molecule has 2 amide bonds. The van der Waals surface area contributed by atoms with E-state index in [1.165, 1.54) is 6.20 Å². The van der Waals surface area contributed by atoms with E-state index in [-0.39, 0.29) is 36.4 Å². The van der Waals surface area contributed by atoms with Gasteiger partial charge in [-0.15, -0.1) is 12.4 Å². The Morgan fingerprint density at radius 1 is 1.12 bits per heavy atom.